The summed E-state index contributed by atoms with van der Waals surface area (Å²) in [7, 11) is 1.34. The van der Waals surface area contributed by atoms with Crippen molar-refractivity contribution in [1.82, 2.24) is 34.5 Å². The van der Waals surface area contributed by atoms with Gasteiger partial charge < -0.3 is 9.47 Å². The van der Waals surface area contributed by atoms with Crippen molar-refractivity contribution < 1.29 is 18.8 Å². The molecule has 0 spiro atoms. The quantitative estimate of drug-likeness (QED) is 0.155. The smallest absolute Gasteiger partial charge is 0.353 e. The topological polar surface area (TPSA) is 136 Å². The van der Waals surface area contributed by atoms with Crippen LogP contribution < -0.4 is 9.47 Å². The van der Waals surface area contributed by atoms with E-state index in [0.29, 0.717) is 24.0 Å². The first-order valence-electron chi connectivity index (χ1n) is 9.41. The lowest BCUT2D eigenvalue weighted by molar-refractivity contribution is -0.386. The van der Waals surface area contributed by atoms with Crippen molar-refractivity contribution in [2.75, 3.05) is 13.7 Å². The van der Waals surface area contributed by atoms with Crippen LogP contribution in [-0.2, 0) is 6.54 Å². The summed E-state index contributed by atoms with van der Waals surface area (Å²) in [6.45, 7) is 1.86. The van der Waals surface area contributed by atoms with E-state index >= 15 is 0 Å². The molecule has 0 atom stereocenters. The van der Waals surface area contributed by atoms with Gasteiger partial charge in [0, 0.05) is 25.2 Å². The Labute approximate surface area is 195 Å². The highest BCUT2D eigenvalue weighted by atomic mass is 35.5. The van der Waals surface area contributed by atoms with Crippen molar-refractivity contribution in [3.63, 3.8) is 0 Å². The minimum absolute atomic E-state index is 0.0477. The first-order valence-corrected chi connectivity index (χ1v) is 10.2. The van der Waals surface area contributed by atoms with Crippen LogP contribution in [0.5, 0.6) is 11.8 Å². The largest absolute Gasteiger partial charge is 0.479 e. The minimum Gasteiger partial charge on any atom is -0.479 e. The van der Waals surface area contributed by atoms with Crippen molar-refractivity contribution in [3.8, 4) is 17.4 Å². The summed E-state index contributed by atoms with van der Waals surface area (Å²) < 4.78 is 27.2. The molecule has 4 heterocycles. The second-order valence-corrected chi connectivity index (χ2v) is 7.38. The highest BCUT2D eigenvalue weighted by Crippen LogP contribution is 2.34. The van der Waals surface area contributed by atoms with Gasteiger partial charge in [-0.15, -0.1) is 5.10 Å². The number of fused-ring (bicyclic) bond motifs is 1. The number of hydrogen-bond acceptors (Lipinski definition) is 9. The maximum atomic E-state index is 13.8. The molecule has 0 aliphatic heterocycles. The van der Waals surface area contributed by atoms with E-state index in [0.717, 1.165) is 16.9 Å². The number of halogens is 3. The van der Waals surface area contributed by atoms with Gasteiger partial charge in [-0.25, -0.2) is 23.7 Å². The van der Waals surface area contributed by atoms with Crippen LogP contribution in [-0.4, -0.2) is 53.2 Å². The fourth-order valence-corrected chi connectivity index (χ4v) is 3.53. The molecular weight excluding hydrogens is 482 g/mol. The molecular formula is C18H15Cl2FN8O4. The first-order chi connectivity index (χ1) is 15.8. The Kier molecular flexibility index (Phi) is 6.24. The average Bonchev–Trinajstić information content (AvgIpc) is 3.27. The summed E-state index contributed by atoms with van der Waals surface area (Å²) in [4.78, 5) is 22.8. The zero-order valence-electron chi connectivity index (χ0n) is 17.2. The molecule has 12 nitrogen and oxygen atoms in total. The van der Waals surface area contributed by atoms with Crippen molar-refractivity contribution in [3.05, 3.63) is 50.5 Å². The lowest BCUT2D eigenvalue weighted by atomic mass is 10.3. The molecule has 4 aromatic heterocycles. The van der Waals surface area contributed by atoms with Crippen molar-refractivity contribution >= 4 is 39.9 Å². The molecule has 0 saturated carbocycles. The van der Waals surface area contributed by atoms with E-state index in [1.807, 2.05) is 0 Å². The monoisotopic (exact) mass is 496 g/mol. The van der Waals surface area contributed by atoms with E-state index in [2.05, 4.69) is 25.1 Å². The van der Waals surface area contributed by atoms with Crippen molar-refractivity contribution in [2.45, 2.75) is 19.9 Å². The molecule has 0 unspecified atom stereocenters. The summed E-state index contributed by atoms with van der Waals surface area (Å²) in [6, 6.07) is 1.11. The Hall–Kier alpha value is -3.58. The Morgan fingerprint density at radius 2 is 2.00 bits per heavy atom. The Morgan fingerprint density at radius 1 is 1.21 bits per heavy atom. The van der Waals surface area contributed by atoms with E-state index in [1.165, 1.54) is 24.9 Å². The second-order valence-electron chi connectivity index (χ2n) is 6.68. The van der Waals surface area contributed by atoms with Gasteiger partial charge in [-0.1, -0.05) is 11.6 Å². The summed E-state index contributed by atoms with van der Waals surface area (Å²) >= 11 is 11.9. The predicted molar refractivity (Wildman–Crippen MR) is 115 cm³/mol. The van der Waals surface area contributed by atoms with Crippen LogP contribution in [0, 0.1) is 22.9 Å². The number of hydrogen-bond donors (Lipinski definition) is 0. The zero-order chi connectivity index (χ0) is 23.7. The highest BCUT2D eigenvalue weighted by molar-refractivity contribution is 6.34. The number of aromatic nitrogens is 7. The summed E-state index contributed by atoms with van der Waals surface area (Å²) in [5, 5.41) is 20.8. The third kappa shape index (κ3) is 4.36. The Balaban J connectivity index is 1.55. The third-order valence-corrected chi connectivity index (χ3v) is 5.09. The van der Waals surface area contributed by atoms with Crippen molar-refractivity contribution in [2.24, 2.45) is 0 Å². The van der Waals surface area contributed by atoms with Crippen LogP contribution in [0.2, 0.25) is 10.4 Å². The maximum absolute atomic E-state index is 13.8. The molecule has 0 aromatic carbocycles. The molecule has 0 aliphatic rings. The molecule has 0 aliphatic carbocycles. The molecule has 0 amide bonds. The fourth-order valence-electron chi connectivity index (χ4n) is 3.18. The lowest BCUT2D eigenvalue weighted by Crippen LogP contribution is -2.08. The maximum Gasteiger partial charge on any atom is 0.353 e. The fraction of sp³-hybridized carbons (Fsp3) is 0.278. The molecule has 4 aromatic rings. The molecule has 0 bridgehead atoms. The molecule has 4 rings (SSSR count). The molecule has 172 valence electrons. The van der Waals surface area contributed by atoms with Gasteiger partial charge in [0.15, 0.2) is 10.8 Å². The Bertz CT molecular complexity index is 1360. The minimum atomic E-state index is -0.653. The number of ether oxygens (including phenoxy) is 2. The first kappa shape index (κ1) is 22.6. The number of nitrogens with zero attached hydrogens (tertiary/aromatic N) is 8. The van der Waals surface area contributed by atoms with Crippen LogP contribution in [0.1, 0.15) is 12.1 Å². The molecule has 0 fully saturated rings. The van der Waals surface area contributed by atoms with E-state index in [9.17, 15) is 14.5 Å². The van der Waals surface area contributed by atoms with Crippen LogP contribution in [0.15, 0.2) is 18.5 Å². The van der Waals surface area contributed by atoms with Crippen LogP contribution in [0.4, 0.5) is 10.1 Å². The highest BCUT2D eigenvalue weighted by Gasteiger charge is 2.29. The number of aryl methyl sites for hydroxylation is 1. The van der Waals surface area contributed by atoms with Gasteiger partial charge in [-0.3, -0.25) is 10.1 Å². The van der Waals surface area contributed by atoms with E-state index < -0.39 is 10.7 Å². The number of rotatable bonds is 8. The molecule has 15 heteroatoms. The average molecular weight is 497 g/mol. The summed E-state index contributed by atoms with van der Waals surface area (Å²) in [6.07, 6.45) is 2.83. The van der Waals surface area contributed by atoms with E-state index in [-0.39, 0.29) is 45.9 Å². The van der Waals surface area contributed by atoms with E-state index in [1.54, 1.807) is 0 Å². The van der Waals surface area contributed by atoms with Crippen LogP contribution in [0.25, 0.3) is 16.7 Å². The molecule has 33 heavy (non-hydrogen) atoms. The number of methoxy groups -OCH3 is 1. The third-order valence-electron chi connectivity index (χ3n) is 4.62. The van der Waals surface area contributed by atoms with E-state index in [4.69, 9.17) is 32.7 Å². The van der Waals surface area contributed by atoms with Gasteiger partial charge in [0.05, 0.1) is 30.2 Å². The van der Waals surface area contributed by atoms with Gasteiger partial charge >= 0.3 is 11.6 Å². The van der Waals surface area contributed by atoms with Gasteiger partial charge in [0.2, 0.25) is 11.2 Å². The molecule has 0 N–H and O–H groups in total. The van der Waals surface area contributed by atoms with Crippen LogP contribution >= 0.6 is 23.2 Å². The van der Waals surface area contributed by atoms with Crippen LogP contribution in [0.3, 0.4) is 0 Å². The van der Waals surface area contributed by atoms with Gasteiger partial charge in [0.1, 0.15) is 17.2 Å². The zero-order valence-corrected chi connectivity index (χ0v) is 18.7. The standard InChI is InChI=1S/C18H15Cl2FN8O4/c1-9-13(29(30)31)17(26-28(9)12-6-10(21)7-22-16(12)32-2)33-5-3-4-27-15-11(14(19)25-27)8-23-18(20)24-15/h6-8H,3-5H2,1-2H3. The van der Waals surface area contributed by atoms with Crippen molar-refractivity contribution in [1.29, 1.82) is 0 Å². The second kappa shape index (κ2) is 9.11. The molecule has 0 saturated heterocycles. The van der Waals surface area contributed by atoms with Gasteiger partial charge in [0.25, 0.3) is 0 Å². The summed E-state index contributed by atoms with van der Waals surface area (Å²) in [5.74, 6) is -0.830. The van der Waals surface area contributed by atoms with Gasteiger partial charge in [-0.2, -0.15) is 10.1 Å². The Morgan fingerprint density at radius 3 is 2.73 bits per heavy atom. The number of nitro groups is 1. The molecule has 0 radical (unpaired) electrons. The summed E-state index contributed by atoms with van der Waals surface area (Å²) in [5.41, 5.74) is 0.323. The lowest BCUT2D eigenvalue weighted by Gasteiger charge is -2.08. The normalized spacial score (nSPS) is 11.2. The number of pyridine rings is 1. The predicted octanol–water partition coefficient (Wildman–Crippen LogP) is 3.55. The van der Waals surface area contributed by atoms with Gasteiger partial charge in [-0.05, 0) is 18.5 Å². The SMILES string of the molecule is COc1ncc(F)cc1-n1nc(OCCCn2nc(Cl)c3cnc(Cl)nc32)c([N+](=O)[O-])c1C.